The van der Waals surface area contributed by atoms with E-state index < -0.39 is 30.5 Å². The van der Waals surface area contributed by atoms with Crippen molar-refractivity contribution in [2.45, 2.75) is 50.6 Å². The highest BCUT2D eigenvalue weighted by atomic mass is 32.2. The standard InChI is InChI=1S/C24H27F7N4O2S/c1-36-21-18(34-38-14-24(29,30)31)10-15(11-32-21)20-17(25)2-3-19(33-20)37-16-4-6-22(7-5-16)8-9-35(12-22)13-23(26,27)28/h2-3,10-11,16,34H,4-9,12-14H2,1H3. The molecule has 1 saturated heterocycles. The fraction of sp³-hybridized carbons (Fsp3) is 0.583. The molecule has 2 fully saturated rings. The number of nitrogens with one attached hydrogen (secondary N) is 1. The molecule has 2 aromatic rings. The lowest BCUT2D eigenvalue weighted by Gasteiger charge is -2.37. The maximum absolute atomic E-state index is 14.7. The molecule has 210 valence electrons. The molecule has 0 bridgehead atoms. The van der Waals surface area contributed by atoms with E-state index >= 15 is 0 Å². The summed E-state index contributed by atoms with van der Waals surface area (Å²) in [6.07, 6.45) is -4.05. The number of pyridine rings is 2. The summed E-state index contributed by atoms with van der Waals surface area (Å²) < 4.78 is 104. The molecule has 6 nitrogen and oxygen atoms in total. The van der Waals surface area contributed by atoms with Crippen LogP contribution in [0.1, 0.15) is 32.1 Å². The van der Waals surface area contributed by atoms with Crippen molar-refractivity contribution in [2.75, 3.05) is 37.2 Å². The molecule has 0 amide bonds. The first-order valence-corrected chi connectivity index (χ1v) is 12.9. The molecule has 1 N–H and O–H groups in total. The molecule has 1 spiro atoms. The van der Waals surface area contributed by atoms with Gasteiger partial charge in [-0.05, 0) is 68.1 Å². The number of methoxy groups -OCH3 is 1. The lowest BCUT2D eigenvalue weighted by molar-refractivity contribution is -0.144. The van der Waals surface area contributed by atoms with E-state index in [4.69, 9.17) is 9.47 Å². The predicted octanol–water partition coefficient (Wildman–Crippen LogP) is 6.49. The maximum atomic E-state index is 14.7. The molecule has 38 heavy (non-hydrogen) atoms. The Kier molecular flexibility index (Phi) is 8.50. The second-order valence-electron chi connectivity index (χ2n) is 9.66. The molecule has 2 aromatic heterocycles. The highest BCUT2D eigenvalue weighted by Crippen LogP contribution is 2.45. The lowest BCUT2D eigenvalue weighted by atomic mass is 9.72. The van der Waals surface area contributed by atoms with Gasteiger partial charge in [-0.15, -0.1) is 0 Å². The quantitative estimate of drug-likeness (QED) is 0.289. The Labute approximate surface area is 219 Å². The second-order valence-corrected chi connectivity index (χ2v) is 10.4. The number of alkyl halides is 6. The fourth-order valence-corrected chi connectivity index (χ4v) is 5.56. The number of halogens is 7. The third-order valence-corrected chi connectivity index (χ3v) is 7.59. The molecule has 0 atom stereocenters. The molecule has 4 rings (SSSR count). The van der Waals surface area contributed by atoms with E-state index in [1.165, 1.54) is 36.4 Å². The minimum absolute atomic E-state index is 0.0353. The van der Waals surface area contributed by atoms with Crippen LogP contribution in [0.4, 0.5) is 36.4 Å². The topological polar surface area (TPSA) is 59.5 Å². The van der Waals surface area contributed by atoms with Gasteiger partial charge < -0.3 is 14.2 Å². The molecular formula is C24H27F7N4O2S. The molecule has 0 aromatic carbocycles. The third kappa shape index (κ3) is 7.55. The minimum atomic E-state index is -4.38. The molecule has 1 aliphatic heterocycles. The molecule has 3 heterocycles. The van der Waals surface area contributed by atoms with Crippen LogP contribution in [-0.4, -0.2) is 65.8 Å². The summed E-state index contributed by atoms with van der Waals surface area (Å²) in [7, 11) is 1.31. The van der Waals surface area contributed by atoms with E-state index in [2.05, 4.69) is 14.7 Å². The van der Waals surface area contributed by atoms with Crippen molar-refractivity contribution >= 4 is 17.6 Å². The van der Waals surface area contributed by atoms with Crippen molar-refractivity contribution in [2.24, 2.45) is 5.41 Å². The van der Waals surface area contributed by atoms with Crippen LogP contribution >= 0.6 is 11.9 Å². The van der Waals surface area contributed by atoms with Gasteiger partial charge in [0.05, 0.1) is 13.7 Å². The van der Waals surface area contributed by atoms with Gasteiger partial charge in [-0.2, -0.15) is 26.3 Å². The summed E-state index contributed by atoms with van der Waals surface area (Å²) in [5, 5.41) is 0. The van der Waals surface area contributed by atoms with Crippen LogP contribution in [-0.2, 0) is 0 Å². The molecule has 0 unspecified atom stereocenters. The number of ether oxygens (including phenoxy) is 2. The largest absolute Gasteiger partial charge is 0.480 e. The normalized spacial score (nSPS) is 22.6. The van der Waals surface area contributed by atoms with Crippen LogP contribution < -0.4 is 14.2 Å². The van der Waals surface area contributed by atoms with Gasteiger partial charge in [-0.3, -0.25) is 4.90 Å². The number of anilines is 1. The Morgan fingerprint density at radius 2 is 1.84 bits per heavy atom. The van der Waals surface area contributed by atoms with Crippen LogP contribution in [0.15, 0.2) is 24.4 Å². The first-order chi connectivity index (χ1) is 17.8. The zero-order valence-corrected chi connectivity index (χ0v) is 21.3. The van der Waals surface area contributed by atoms with Crippen LogP contribution in [0.2, 0.25) is 0 Å². The van der Waals surface area contributed by atoms with Crippen LogP contribution in [0, 0.1) is 11.2 Å². The van der Waals surface area contributed by atoms with Gasteiger partial charge in [0.25, 0.3) is 0 Å². The summed E-state index contributed by atoms with van der Waals surface area (Å²) in [5.41, 5.74) is 0.101. The van der Waals surface area contributed by atoms with E-state index in [0.717, 1.165) is 19.3 Å². The van der Waals surface area contributed by atoms with Crippen LogP contribution in [0.5, 0.6) is 11.8 Å². The molecule has 2 aliphatic rings. The van der Waals surface area contributed by atoms with Crippen molar-refractivity contribution in [3.05, 3.63) is 30.2 Å². The third-order valence-electron chi connectivity index (χ3n) is 6.76. The molecule has 1 saturated carbocycles. The zero-order chi connectivity index (χ0) is 27.6. The second kappa shape index (κ2) is 11.3. The van der Waals surface area contributed by atoms with Gasteiger partial charge in [0.15, 0.2) is 0 Å². The van der Waals surface area contributed by atoms with Crippen molar-refractivity contribution in [1.82, 2.24) is 14.9 Å². The summed E-state index contributed by atoms with van der Waals surface area (Å²) in [6.45, 7) is -0.0505. The summed E-state index contributed by atoms with van der Waals surface area (Å²) in [5.74, 6) is -1.62. The zero-order valence-electron chi connectivity index (χ0n) is 20.5. The molecule has 1 aliphatic carbocycles. The fourth-order valence-electron chi connectivity index (χ4n) is 5.02. The van der Waals surface area contributed by atoms with Crippen molar-refractivity contribution in [1.29, 1.82) is 0 Å². The Bertz CT molecular complexity index is 1110. The monoisotopic (exact) mass is 568 g/mol. The number of rotatable bonds is 8. The average Bonchev–Trinajstić information content (AvgIpc) is 3.21. The first-order valence-electron chi connectivity index (χ1n) is 12.0. The Morgan fingerprint density at radius 3 is 2.50 bits per heavy atom. The Morgan fingerprint density at radius 1 is 1.11 bits per heavy atom. The Hall–Kier alpha value is -2.48. The number of hydrogen-bond acceptors (Lipinski definition) is 7. The number of hydrogen-bond donors (Lipinski definition) is 1. The maximum Gasteiger partial charge on any atom is 0.401 e. The van der Waals surface area contributed by atoms with Crippen molar-refractivity contribution in [3.8, 4) is 23.0 Å². The Balaban J connectivity index is 1.40. The van der Waals surface area contributed by atoms with E-state index in [1.54, 1.807) is 0 Å². The van der Waals surface area contributed by atoms with Crippen LogP contribution in [0.3, 0.4) is 0 Å². The lowest BCUT2D eigenvalue weighted by Crippen LogP contribution is -2.37. The highest BCUT2D eigenvalue weighted by molar-refractivity contribution is 8.00. The van der Waals surface area contributed by atoms with Crippen molar-refractivity contribution in [3.63, 3.8) is 0 Å². The minimum Gasteiger partial charge on any atom is -0.480 e. The summed E-state index contributed by atoms with van der Waals surface area (Å²) >= 11 is 0.395. The molecular weight excluding hydrogens is 541 g/mol. The van der Waals surface area contributed by atoms with Gasteiger partial charge in [-0.1, -0.05) is 0 Å². The smallest absolute Gasteiger partial charge is 0.401 e. The van der Waals surface area contributed by atoms with E-state index in [1.807, 2.05) is 0 Å². The van der Waals surface area contributed by atoms with Gasteiger partial charge in [-0.25, -0.2) is 14.4 Å². The van der Waals surface area contributed by atoms with Gasteiger partial charge in [0.1, 0.15) is 29.1 Å². The highest BCUT2D eigenvalue weighted by Gasteiger charge is 2.44. The van der Waals surface area contributed by atoms with Gasteiger partial charge in [0.2, 0.25) is 11.8 Å². The average molecular weight is 569 g/mol. The summed E-state index contributed by atoms with van der Waals surface area (Å²) in [4.78, 5) is 9.77. The van der Waals surface area contributed by atoms with Crippen molar-refractivity contribution < 1.29 is 40.2 Å². The number of likely N-dealkylation sites (tertiary alicyclic amines) is 1. The number of aromatic nitrogens is 2. The molecule has 0 radical (unpaired) electrons. The van der Waals surface area contributed by atoms with Crippen LogP contribution in [0.25, 0.3) is 11.3 Å². The predicted molar refractivity (Wildman–Crippen MR) is 129 cm³/mol. The van der Waals surface area contributed by atoms with Gasteiger partial charge in [0, 0.05) is 24.4 Å². The van der Waals surface area contributed by atoms with E-state index in [-0.39, 0.29) is 40.2 Å². The first kappa shape index (κ1) is 28.5. The SMILES string of the molecule is COc1ncc(-c2nc(OC3CCC4(CC3)CCN(CC(F)(F)F)C4)ccc2F)cc1NSCC(F)(F)F. The molecule has 14 heteroatoms. The number of nitrogens with zero attached hydrogens (tertiary/aromatic N) is 3. The van der Waals surface area contributed by atoms with E-state index in [9.17, 15) is 30.7 Å². The van der Waals surface area contributed by atoms with E-state index in [0.29, 0.717) is 37.9 Å². The summed E-state index contributed by atoms with van der Waals surface area (Å²) in [6, 6.07) is 3.96. The van der Waals surface area contributed by atoms with Gasteiger partial charge >= 0.3 is 12.4 Å².